The van der Waals surface area contributed by atoms with Crippen LogP contribution in [0.5, 0.6) is 0 Å². The molecule has 4 nitrogen and oxygen atoms in total. The minimum atomic E-state index is -4.43. The molecule has 0 spiro atoms. The molecule has 0 bridgehead atoms. The Bertz CT molecular complexity index is 442. The molecule has 0 saturated heterocycles. The van der Waals surface area contributed by atoms with E-state index in [-0.39, 0.29) is 51.4 Å². The fraction of sp³-hybridized carbons (Fsp3) is 1.00. The van der Waals surface area contributed by atoms with Crippen LogP contribution in [0.1, 0.15) is 142 Å². The van der Waals surface area contributed by atoms with Gasteiger partial charge in [0.1, 0.15) is 10.1 Å². The van der Waals surface area contributed by atoms with Gasteiger partial charge in [0.2, 0.25) is 0 Å². The average Bonchev–Trinajstić information content (AvgIpc) is 2.67. The van der Waals surface area contributed by atoms with Gasteiger partial charge < -0.3 is 9.66 Å². The van der Waals surface area contributed by atoms with Crippen LogP contribution in [0.2, 0.25) is 0 Å². The van der Waals surface area contributed by atoms with Crippen molar-refractivity contribution in [2.75, 3.05) is 0 Å². The van der Waals surface area contributed by atoms with Crippen LogP contribution in [-0.4, -0.2) is 29.4 Å². The summed E-state index contributed by atoms with van der Waals surface area (Å²) in [6, 6.07) is 0. The molecule has 0 amide bonds. The maximum Gasteiger partial charge on any atom is 1.00 e. The molecule has 0 fully saturated rings. The van der Waals surface area contributed by atoms with Gasteiger partial charge in [-0.1, -0.05) is 129 Å². The van der Waals surface area contributed by atoms with E-state index in [9.17, 15) is 18.1 Å². The van der Waals surface area contributed by atoms with Gasteiger partial charge in [0, 0.05) is 0 Å². The molecule has 1 N–H and O–H groups in total. The van der Waals surface area contributed by atoms with Crippen molar-refractivity contribution < 1.29 is 69.5 Å². The third-order valence-corrected chi connectivity index (χ3v) is 7.29. The van der Waals surface area contributed by atoms with Crippen molar-refractivity contribution in [3.05, 3.63) is 0 Å². The Balaban J connectivity index is 0. The van der Waals surface area contributed by atoms with Crippen LogP contribution in [0.25, 0.3) is 0 Å². The molecule has 6 heteroatoms. The summed E-state index contributed by atoms with van der Waals surface area (Å²) >= 11 is 0. The second kappa shape index (κ2) is 23.7. The van der Waals surface area contributed by atoms with Crippen molar-refractivity contribution in [2.45, 2.75) is 154 Å². The van der Waals surface area contributed by atoms with E-state index >= 15 is 0 Å². The Morgan fingerprint density at radius 3 is 1.23 bits per heavy atom. The Labute approximate surface area is 230 Å². The smallest absolute Gasteiger partial charge is 0.748 e. The number of rotatable bonds is 22. The Hall–Kier alpha value is 1.51. The molecule has 0 aliphatic carbocycles. The van der Waals surface area contributed by atoms with Crippen LogP contribution in [0.3, 0.4) is 0 Å². The van der Waals surface area contributed by atoms with Crippen LogP contribution in [0.4, 0.5) is 0 Å². The molecule has 30 heavy (non-hydrogen) atoms. The predicted octanol–water partition coefficient (Wildman–Crippen LogP) is 4.11. The molecule has 0 aromatic carbocycles. The van der Waals surface area contributed by atoms with Gasteiger partial charge in [0.15, 0.2) is 0 Å². The summed E-state index contributed by atoms with van der Waals surface area (Å²) < 4.78 is 34.8. The number of aliphatic hydroxyl groups is 1. The third-order valence-electron chi connectivity index (χ3n) is 6.00. The van der Waals surface area contributed by atoms with Gasteiger partial charge in [-0.15, -0.1) is 0 Å². The van der Waals surface area contributed by atoms with Crippen molar-refractivity contribution in [1.29, 1.82) is 0 Å². The monoisotopic (exact) mass is 472 g/mol. The molecule has 0 aliphatic rings. The molecule has 0 saturated carbocycles. The van der Waals surface area contributed by atoms with Crippen LogP contribution in [0, 0.1) is 0 Å². The molecule has 0 aromatic rings. The number of unbranched alkanes of at least 4 members (excludes halogenated alkanes) is 16. The first-order valence-corrected chi connectivity index (χ1v) is 14.0. The van der Waals surface area contributed by atoms with Crippen LogP contribution in [0.15, 0.2) is 0 Å². The van der Waals surface area contributed by atoms with Crippen LogP contribution < -0.4 is 51.4 Å². The molecule has 176 valence electrons. The van der Waals surface area contributed by atoms with E-state index in [0.29, 0.717) is 12.8 Å². The predicted molar refractivity (Wildman–Crippen MR) is 123 cm³/mol. The van der Waals surface area contributed by atoms with Crippen molar-refractivity contribution in [3.8, 4) is 0 Å². The SMILES string of the molecule is CCCCCCCCCCCC(O)C(CCCCCCCCCCC)S(=O)(=O)[O-].[K+]. The number of hydrogen-bond acceptors (Lipinski definition) is 4. The van der Waals surface area contributed by atoms with E-state index in [1.807, 2.05) is 0 Å². The minimum absolute atomic E-state index is 0. The first-order chi connectivity index (χ1) is 13.9. The summed E-state index contributed by atoms with van der Waals surface area (Å²) in [5.41, 5.74) is 0. The van der Waals surface area contributed by atoms with E-state index in [1.165, 1.54) is 77.0 Å². The molecular formula is C24H49KO4S. The second-order valence-electron chi connectivity index (χ2n) is 8.83. The number of aliphatic hydroxyl groups excluding tert-OH is 1. The van der Waals surface area contributed by atoms with E-state index in [1.54, 1.807) is 0 Å². The van der Waals surface area contributed by atoms with E-state index in [2.05, 4.69) is 13.8 Å². The van der Waals surface area contributed by atoms with Gasteiger partial charge in [0.25, 0.3) is 0 Å². The summed E-state index contributed by atoms with van der Waals surface area (Å²) in [6.45, 7) is 4.43. The first kappa shape index (κ1) is 33.7. The fourth-order valence-corrected chi connectivity index (χ4v) is 5.01. The standard InChI is InChI=1S/C24H50O4S.K/c1-3-5-7-9-11-13-15-17-19-21-23(25)24(29(26,27)28)22-20-18-16-14-12-10-8-6-4-2;/h23-25H,3-22H2,1-2H3,(H,26,27,28);/q;+1/p-1. The average molecular weight is 473 g/mol. The van der Waals surface area contributed by atoms with E-state index in [0.717, 1.165) is 38.5 Å². The van der Waals surface area contributed by atoms with Gasteiger partial charge in [-0.2, -0.15) is 0 Å². The van der Waals surface area contributed by atoms with Crippen molar-refractivity contribution in [3.63, 3.8) is 0 Å². The normalized spacial score (nSPS) is 13.7. The van der Waals surface area contributed by atoms with E-state index < -0.39 is 21.5 Å². The number of hydrogen-bond donors (Lipinski definition) is 1. The zero-order valence-electron chi connectivity index (χ0n) is 20.4. The van der Waals surface area contributed by atoms with Crippen molar-refractivity contribution >= 4 is 10.1 Å². The van der Waals surface area contributed by atoms with Gasteiger partial charge in [-0.3, -0.25) is 0 Å². The largest absolute Gasteiger partial charge is 1.00 e. The molecule has 0 radical (unpaired) electrons. The van der Waals surface area contributed by atoms with Gasteiger partial charge in [0.05, 0.1) is 11.4 Å². The van der Waals surface area contributed by atoms with Crippen molar-refractivity contribution in [1.82, 2.24) is 0 Å². The third kappa shape index (κ3) is 21.4. The summed E-state index contributed by atoms with van der Waals surface area (Å²) in [4.78, 5) is 0. The quantitative estimate of drug-likeness (QED) is 0.146. The Morgan fingerprint density at radius 2 is 0.900 bits per heavy atom. The maximum atomic E-state index is 11.6. The molecule has 0 heterocycles. The van der Waals surface area contributed by atoms with Gasteiger partial charge in [-0.05, 0) is 12.8 Å². The molecular weight excluding hydrogens is 423 g/mol. The topological polar surface area (TPSA) is 77.4 Å². The molecule has 2 atom stereocenters. The van der Waals surface area contributed by atoms with Gasteiger partial charge >= 0.3 is 51.4 Å². The summed E-state index contributed by atoms with van der Waals surface area (Å²) in [5.74, 6) is 0. The molecule has 0 aromatic heterocycles. The summed E-state index contributed by atoms with van der Waals surface area (Å²) in [7, 11) is -4.43. The summed E-state index contributed by atoms with van der Waals surface area (Å²) in [5, 5.41) is 9.16. The zero-order chi connectivity index (χ0) is 21.8. The van der Waals surface area contributed by atoms with Crippen molar-refractivity contribution in [2.24, 2.45) is 0 Å². The second-order valence-corrected chi connectivity index (χ2v) is 10.4. The Morgan fingerprint density at radius 1 is 0.600 bits per heavy atom. The maximum absolute atomic E-state index is 11.6. The molecule has 2 unspecified atom stereocenters. The summed E-state index contributed by atoms with van der Waals surface area (Å²) in [6.07, 6.45) is 20.7. The fourth-order valence-electron chi connectivity index (χ4n) is 4.04. The first-order valence-electron chi connectivity index (χ1n) is 12.6. The molecule has 0 rings (SSSR count). The zero-order valence-corrected chi connectivity index (χ0v) is 24.3. The van der Waals surface area contributed by atoms with E-state index in [4.69, 9.17) is 0 Å². The van der Waals surface area contributed by atoms with Crippen LogP contribution in [-0.2, 0) is 10.1 Å². The molecule has 0 aliphatic heterocycles. The Kier molecular flexibility index (Phi) is 26.6. The van der Waals surface area contributed by atoms with Gasteiger partial charge in [-0.25, -0.2) is 8.42 Å². The van der Waals surface area contributed by atoms with Crippen LogP contribution >= 0.6 is 0 Å². The minimum Gasteiger partial charge on any atom is -0.748 e.